The van der Waals surface area contributed by atoms with Gasteiger partial charge in [-0.3, -0.25) is 4.68 Å². The molecule has 2 aromatic rings. The second kappa shape index (κ2) is 5.22. The van der Waals surface area contributed by atoms with Crippen LogP contribution in [-0.4, -0.2) is 22.9 Å². The molecule has 2 rings (SSSR count). The number of aromatic nitrogens is 2. The lowest BCUT2D eigenvalue weighted by molar-refractivity contribution is 0.0600. The van der Waals surface area contributed by atoms with Crippen molar-refractivity contribution in [2.45, 2.75) is 13.3 Å². The number of benzene rings is 1. The Morgan fingerprint density at radius 2 is 2.16 bits per heavy atom. The molecule has 1 heterocycles. The molecule has 100 valence electrons. The van der Waals surface area contributed by atoms with Crippen LogP contribution in [0.15, 0.2) is 24.4 Å². The predicted molar refractivity (Wildman–Crippen MR) is 69.3 cm³/mol. The first-order chi connectivity index (χ1) is 9.06. The highest BCUT2D eigenvalue weighted by atomic mass is 19.1. The lowest BCUT2D eigenvalue weighted by Crippen LogP contribution is -2.03. The number of ether oxygens (including phenoxy) is 1. The van der Waals surface area contributed by atoms with Gasteiger partial charge in [0, 0.05) is 12.6 Å². The van der Waals surface area contributed by atoms with Crippen molar-refractivity contribution in [3.05, 3.63) is 41.3 Å². The molecule has 0 aliphatic carbocycles. The fourth-order valence-electron chi connectivity index (χ4n) is 2.08. The molecule has 0 aliphatic rings. The fourth-order valence-corrected chi connectivity index (χ4v) is 2.08. The molecule has 0 fully saturated rings. The van der Waals surface area contributed by atoms with E-state index in [1.54, 1.807) is 24.0 Å². The first-order valence-corrected chi connectivity index (χ1v) is 5.97. The maximum Gasteiger partial charge on any atom is 0.337 e. The SMILES string of the molecule is CCc1cnn(C)c1-c1cc(F)cc(C(=O)OC)c1. The fraction of sp³-hybridized carbons (Fsp3) is 0.286. The summed E-state index contributed by atoms with van der Waals surface area (Å²) in [6.07, 6.45) is 2.53. The molecule has 0 unspecified atom stereocenters. The minimum absolute atomic E-state index is 0.195. The monoisotopic (exact) mass is 262 g/mol. The molecule has 0 atom stereocenters. The standard InChI is InChI=1S/C14H15FN2O2/c1-4-9-8-16-17(2)13(9)10-5-11(14(18)19-3)7-12(15)6-10/h5-8H,4H2,1-3H3. The topological polar surface area (TPSA) is 44.1 Å². The van der Waals surface area contributed by atoms with E-state index in [9.17, 15) is 9.18 Å². The molecule has 0 aliphatic heterocycles. The number of hydrogen-bond donors (Lipinski definition) is 0. The van der Waals surface area contributed by atoms with Crippen LogP contribution in [0.4, 0.5) is 4.39 Å². The van der Waals surface area contributed by atoms with Gasteiger partial charge in [-0.15, -0.1) is 0 Å². The molecule has 0 radical (unpaired) electrons. The van der Waals surface area contributed by atoms with E-state index in [0.717, 1.165) is 23.7 Å². The normalized spacial score (nSPS) is 10.5. The van der Waals surface area contributed by atoms with Gasteiger partial charge in [0.15, 0.2) is 0 Å². The Balaban J connectivity index is 2.59. The Morgan fingerprint density at radius 1 is 1.42 bits per heavy atom. The van der Waals surface area contributed by atoms with E-state index >= 15 is 0 Å². The van der Waals surface area contributed by atoms with Gasteiger partial charge in [-0.05, 0) is 30.2 Å². The van der Waals surface area contributed by atoms with Gasteiger partial charge in [0.05, 0.1) is 24.6 Å². The minimum Gasteiger partial charge on any atom is -0.465 e. The van der Waals surface area contributed by atoms with Crippen LogP contribution in [0.1, 0.15) is 22.8 Å². The van der Waals surface area contributed by atoms with Crippen molar-refractivity contribution >= 4 is 5.97 Å². The number of esters is 1. The molecule has 0 spiro atoms. The van der Waals surface area contributed by atoms with Crippen molar-refractivity contribution < 1.29 is 13.9 Å². The van der Waals surface area contributed by atoms with Crippen molar-refractivity contribution in [2.75, 3.05) is 7.11 Å². The highest BCUT2D eigenvalue weighted by Gasteiger charge is 2.14. The highest BCUT2D eigenvalue weighted by molar-refractivity contribution is 5.91. The van der Waals surface area contributed by atoms with Crippen LogP contribution >= 0.6 is 0 Å². The quantitative estimate of drug-likeness (QED) is 0.798. The zero-order chi connectivity index (χ0) is 14.0. The lowest BCUT2D eigenvalue weighted by atomic mass is 10.0. The molecular formula is C14H15FN2O2. The maximum atomic E-state index is 13.6. The number of hydrogen-bond acceptors (Lipinski definition) is 3. The van der Waals surface area contributed by atoms with E-state index in [1.807, 2.05) is 6.92 Å². The van der Waals surface area contributed by atoms with E-state index in [-0.39, 0.29) is 5.56 Å². The smallest absolute Gasteiger partial charge is 0.337 e. The van der Waals surface area contributed by atoms with Crippen molar-refractivity contribution in [1.29, 1.82) is 0 Å². The van der Waals surface area contributed by atoms with Gasteiger partial charge in [0.1, 0.15) is 5.82 Å². The van der Waals surface area contributed by atoms with E-state index in [4.69, 9.17) is 0 Å². The molecule has 1 aromatic carbocycles. The zero-order valence-corrected chi connectivity index (χ0v) is 11.1. The average Bonchev–Trinajstić information content (AvgIpc) is 2.78. The first-order valence-electron chi connectivity index (χ1n) is 5.97. The Hall–Kier alpha value is -2.17. The zero-order valence-electron chi connectivity index (χ0n) is 11.1. The van der Waals surface area contributed by atoms with Crippen molar-refractivity contribution in [1.82, 2.24) is 9.78 Å². The number of nitrogens with zero attached hydrogens (tertiary/aromatic N) is 2. The van der Waals surface area contributed by atoms with Crippen LogP contribution in [0, 0.1) is 5.82 Å². The van der Waals surface area contributed by atoms with Crippen molar-refractivity contribution in [2.24, 2.45) is 7.05 Å². The van der Waals surface area contributed by atoms with Crippen LogP contribution in [0.25, 0.3) is 11.3 Å². The van der Waals surface area contributed by atoms with Crippen LogP contribution in [0.2, 0.25) is 0 Å². The summed E-state index contributed by atoms with van der Waals surface area (Å²) in [6, 6.07) is 4.17. The molecule has 19 heavy (non-hydrogen) atoms. The number of carbonyl (C=O) groups is 1. The Kier molecular flexibility index (Phi) is 3.64. The van der Waals surface area contributed by atoms with Gasteiger partial charge in [0.25, 0.3) is 0 Å². The molecular weight excluding hydrogens is 247 g/mol. The summed E-state index contributed by atoms with van der Waals surface area (Å²) in [7, 11) is 3.06. The average molecular weight is 262 g/mol. The molecule has 0 bridgehead atoms. The lowest BCUT2D eigenvalue weighted by Gasteiger charge is -2.08. The second-order valence-corrected chi connectivity index (χ2v) is 4.22. The molecule has 1 aromatic heterocycles. The maximum absolute atomic E-state index is 13.6. The van der Waals surface area contributed by atoms with Crippen molar-refractivity contribution in [3.8, 4) is 11.3 Å². The molecule has 5 heteroatoms. The highest BCUT2D eigenvalue weighted by Crippen LogP contribution is 2.25. The van der Waals surface area contributed by atoms with E-state index in [2.05, 4.69) is 9.84 Å². The number of methoxy groups -OCH3 is 1. The number of aryl methyl sites for hydroxylation is 2. The number of halogens is 1. The molecule has 0 saturated heterocycles. The number of carbonyl (C=O) groups excluding carboxylic acids is 1. The van der Waals surface area contributed by atoms with Crippen LogP contribution in [-0.2, 0) is 18.2 Å². The summed E-state index contributed by atoms with van der Waals surface area (Å²) >= 11 is 0. The van der Waals surface area contributed by atoms with Crippen LogP contribution in [0.3, 0.4) is 0 Å². The third kappa shape index (κ3) is 2.50. The summed E-state index contributed by atoms with van der Waals surface area (Å²) < 4.78 is 19.9. The van der Waals surface area contributed by atoms with E-state index in [1.165, 1.54) is 13.2 Å². The van der Waals surface area contributed by atoms with Gasteiger partial charge in [-0.2, -0.15) is 5.10 Å². The van der Waals surface area contributed by atoms with Crippen LogP contribution in [0.5, 0.6) is 0 Å². The van der Waals surface area contributed by atoms with Gasteiger partial charge >= 0.3 is 5.97 Å². The summed E-state index contributed by atoms with van der Waals surface area (Å²) in [6.45, 7) is 2.00. The second-order valence-electron chi connectivity index (χ2n) is 4.22. The van der Waals surface area contributed by atoms with E-state index in [0.29, 0.717) is 5.56 Å². The third-order valence-electron chi connectivity index (χ3n) is 2.99. The van der Waals surface area contributed by atoms with Gasteiger partial charge in [-0.1, -0.05) is 6.92 Å². The van der Waals surface area contributed by atoms with Crippen LogP contribution < -0.4 is 0 Å². The van der Waals surface area contributed by atoms with Gasteiger partial charge in [0.2, 0.25) is 0 Å². The Bertz CT molecular complexity index is 620. The summed E-state index contributed by atoms with van der Waals surface area (Å²) in [5, 5.41) is 4.17. The van der Waals surface area contributed by atoms with Gasteiger partial charge in [-0.25, -0.2) is 9.18 Å². The molecule has 0 N–H and O–H groups in total. The Morgan fingerprint density at radius 3 is 2.79 bits per heavy atom. The summed E-state index contributed by atoms with van der Waals surface area (Å²) in [5.74, 6) is -1.03. The molecule has 0 amide bonds. The molecule has 0 saturated carbocycles. The predicted octanol–water partition coefficient (Wildman–Crippen LogP) is 2.58. The molecule has 4 nitrogen and oxygen atoms in total. The summed E-state index contributed by atoms with van der Waals surface area (Å²) in [5.41, 5.74) is 2.63. The summed E-state index contributed by atoms with van der Waals surface area (Å²) in [4.78, 5) is 11.5. The minimum atomic E-state index is -0.555. The van der Waals surface area contributed by atoms with Crippen molar-refractivity contribution in [3.63, 3.8) is 0 Å². The third-order valence-corrected chi connectivity index (χ3v) is 2.99. The Labute approximate surface area is 110 Å². The van der Waals surface area contributed by atoms with Gasteiger partial charge < -0.3 is 4.74 Å². The van der Waals surface area contributed by atoms with E-state index < -0.39 is 11.8 Å². The number of rotatable bonds is 3. The first kappa shape index (κ1) is 13.3. The largest absolute Gasteiger partial charge is 0.465 e.